The zero-order valence-electron chi connectivity index (χ0n) is 9.78. The topological polar surface area (TPSA) is 36.7 Å². The minimum absolute atomic E-state index is 0.0604. The standard InChI is InChI=1S/C14H9F3N2/c15-14(16,17)13-11(6-7-19-12(13)9-18)8-10-4-2-1-3-5-10/h1-7H,8H2. The molecule has 1 aromatic heterocycles. The van der Waals surface area contributed by atoms with Gasteiger partial charge in [-0.15, -0.1) is 0 Å². The monoisotopic (exact) mass is 262 g/mol. The van der Waals surface area contributed by atoms with E-state index in [1.54, 1.807) is 30.3 Å². The molecule has 2 aromatic rings. The van der Waals surface area contributed by atoms with Crippen molar-refractivity contribution < 1.29 is 13.2 Å². The zero-order chi connectivity index (χ0) is 13.9. The Morgan fingerprint density at radius 3 is 2.37 bits per heavy atom. The fraction of sp³-hybridized carbons (Fsp3) is 0.143. The number of nitrogens with zero attached hydrogens (tertiary/aromatic N) is 2. The van der Waals surface area contributed by atoms with E-state index >= 15 is 0 Å². The summed E-state index contributed by atoms with van der Waals surface area (Å²) in [4.78, 5) is 3.48. The number of nitriles is 1. The summed E-state index contributed by atoms with van der Waals surface area (Å²) < 4.78 is 39.0. The lowest BCUT2D eigenvalue weighted by atomic mass is 9.99. The molecule has 0 fully saturated rings. The molecule has 0 saturated carbocycles. The molecule has 1 heterocycles. The highest BCUT2D eigenvalue weighted by Crippen LogP contribution is 2.34. The van der Waals surface area contributed by atoms with Gasteiger partial charge in [0.1, 0.15) is 6.07 Å². The molecule has 0 aliphatic rings. The predicted molar refractivity (Wildman–Crippen MR) is 63.2 cm³/mol. The molecule has 0 spiro atoms. The maximum absolute atomic E-state index is 13.0. The first-order chi connectivity index (χ1) is 9.02. The van der Waals surface area contributed by atoms with Crippen molar-refractivity contribution in [1.82, 2.24) is 4.98 Å². The van der Waals surface area contributed by atoms with Crippen LogP contribution < -0.4 is 0 Å². The van der Waals surface area contributed by atoms with E-state index in [2.05, 4.69) is 4.98 Å². The van der Waals surface area contributed by atoms with Gasteiger partial charge in [0.2, 0.25) is 0 Å². The summed E-state index contributed by atoms with van der Waals surface area (Å²) in [6, 6.07) is 11.6. The minimum atomic E-state index is -4.58. The third-order valence-electron chi connectivity index (χ3n) is 2.66. The second kappa shape index (κ2) is 5.11. The summed E-state index contributed by atoms with van der Waals surface area (Å²) in [6.07, 6.45) is -3.23. The molecule has 0 bridgehead atoms. The van der Waals surface area contributed by atoms with Gasteiger partial charge >= 0.3 is 6.18 Å². The molecule has 0 amide bonds. The predicted octanol–water partition coefficient (Wildman–Crippen LogP) is 3.56. The number of alkyl halides is 3. The van der Waals surface area contributed by atoms with Crippen molar-refractivity contribution in [2.75, 3.05) is 0 Å². The van der Waals surface area contributed by atoms with Gasteiger partial charge in [0.25, 0.3) is 0 Å². The Morgan fingerprint density at radius 1 is 1.11 bits per heavy atom. The number of hydrogen-bond donors (Lipinski definition) is 0. The third kappa shape index (κ3) is 2.91. The lowest BCUT2D eigenvalue weighted by Crippen LogP contribution is -2.13. The molecular formula is C14H9F3N2. The average molecular weight is 262 g/mol. The Kier molecular flexibility index (Phi) is 3.52. The SMILES string of the molecule is N#Cc1nccc(Cc2ccccc2)c1C(F)(F)F. The van der Waals surface area contributed by atoms with Gasteiger partial charge < -0.3 is 0 Å². The van der Waals surface area contributed by atoms with Crippen LogP contribution in [0.25, 0.3) is 0 Å². The molecule has 0 saturated heterocycles. The second-order valence-corrected chi connectivity index (χ2v) is 3.97. The van der Waals surface area contributed by atoms with Gasteiger partial charge in [-0.25, -0.2) is 4.98 Å². The summed E-state index contributed by atoms with van der Waals surface area (Å²) in [5.41, 5.74) is -0.712. The molecule has 1 aromatic carbocycles. The number of pyridine rings is 1. The number of halogens is 3. The Labute approximate surface area is 108 Å². The first-order valence-electron chi connectivity index (χ1n) is 5.51. The molecule has 0 atom stereocenters. The molecular weight excluding hydrogens is 253 g/mol. The van der Waals surface area contributed by atoms with Crippen molar-refractivity contribution >= 4 is 0 Å². The van der Waals surface area contributed by atoms with Crippen molar-refractivity contribution in [3.63, 3.8) is 0 Å². The quantitative estimate of drug-likeness (QED) is 0.829. The normalized spacial score (nSPS) is 11.1. The van der Waals surface area contributed by atoms with Crippen molar-refractivity contribution in [3.05, 3.63) is 65.0 Å². The Hall–Kier alpha value is -2.35. The Morgan fingerprint density at radius 2 is 1.79 bits per heavy atom. The van der Waals surface area contributed by atoms with E-state index in [0.717, 1.165) is 5.56 Å². The van der Waals surface area contributed by atoms with Gasteiger partial charge in [-0.1, -0.05) is 30.3 Å². The van der Waals surface area contributed by atoms with Crippen LogP contribution in [0.2, 0.25) is 0 Å². The van der Waals surface area contributed by atoms with E-state index in [-0.39, 0.29) is 12.0 Å². The van der Waals surface area contributed by atoms with Crippen molar-refractivity contribution in [2.24, 2.45) is 0 Å². The largest absolute Gasteiger partial charge is 0.419 e. The van der Waals surface area contributed by atoms with Crippen molar-refractivity contribution in [1.29, 1.82) is 5.26 Å². The molecule has 2 nitrogen and oxygen atoms in total. The zero-order valence-corrected chi connectivity index (χ0v) is 9.78. The van der Waals surface area contributed by atoms with E-state index in [4.69, 9.17) is 5.26 Å². The second-order valence-electron chi connectivity index (χ2n) is 3.97. The van der Waals surface area contributed by atoms with Crippen LogP contribution >= 0.6 is 0 Å². The molecule has 0 unspecified atom stereocenters. The van der Waals surface area contributed by atoms with Crippen LogP contribution in [0.4, 0.5) is 13.2 Å². The Bertz CT molecular complexity index is 613. The van der Waals surface area contributed by atoms with Crippen LogP contribution in [0, 0.1) is 11.3 Å². The first-order valence-corrected chi connectivity index (χ1v) is 5.51. The molecule has 5 heteroatoms. The van der Waals surface area contributed by atoms with Gasteiger partial charge in [0, 0.05) is 6.20 Å². The Balaban J connectivity index is 2.50. The van der Waals surface area contributed by atoms with Crippen LogP contribution in [0.3, 0.4) is 0 Å². The van der Waals surface area contributed by atoms with Crippen LogP contribution in [-0.2, 0) is 12.6 Å². The lowest BCUT2D eigenvalue weighted by molar-refractivity contribution is -0.138. The van der Waals surface area contributed by atoms with Crippen molar-refractivity contribution in [3.8, 4) is 6.07 Å². The minimum Gasteiger partial charge on any atom is -0.245 e. The smallest absolute Gasteiger partial charge is 0.245 e. The lowest BCUT2D eigenvalue weighted by Gasteiger charge is -2.13. The molecule has 0 radical (unpaired) electrons. The number of aromatic nitrogens is 1. The third-order valence-corrected chi connectivity index (χ3v) is 2.66. The van der Waals surface area contributed by atoms with Crippen LogP contribution in [0.15, 0.2) is 42.6 Å². The number of rotatable bonds is 2. The molecule has 0 aliphatic heterocycles. The van der Waals surface area contributed by atoms with E-state index in [0.29, 0.717) is 0 Å². The van der Waals surface area contributed by atoms with E-state index in [9.17, 15) is 13.2 Å². The highest BCUT2D eigenvalue weighted by atomic mass is 19.4. The summed E-state index contributed by atoms with van der Waals surface area (Å²) in [7, 11) is 0. The van der Waals surface area contributed by atoms with Gasteiger partial charge in [0.05, 0.1) is 5.56 Å². The molecule has 0 aliphatic carbocycles. The molecule has 19 heavy (non-hydrogen) atoms. The van der Waals surface area contributed by atoms with E-state index in [1.165, 1.54) is 18.3 Å². The van der Waals surface area contributed by atoms with E-state index in [1.807, 2.05) is 0 Å². The fourth-order valence-electron chi connectivity index (χ4n) is 1.87. The first kappa shape index (κ1) is 13.1. The summed E-state index contributed by atoms with van der Waals surface area (Å²) in [5, 5.41) is 8.76. The highest BCUT2D eigenvalue weighted by molar-refractivity contribution is 5.41. The van der Waals surface area contributed by atoms with Crippen molar-refractivity contribution in [2.45, 2.75) is 12.6 Å². The number of hydrogen-bond acceptors (Lipinski definition) is 2. The highest BCUT2D eigenvalue weighted by Gasteiger charge is 2.37. The van der Waals surface area contributed by atoms with Gasteiger partial charge in [-0.3, -0.25) is 0 Å². The summed E-state index contributed by atoms with van der Waals surface area (Å²) in [6.45, 7) is 0. The summed E-state index contributed by atoms with van der Waals surface area (Å²) >= 11 is 0. The van der Waals surface area contributed by atoms with Crippen LogP contribution in [0.1, 0.15) is 22.4 Å². The molecule has 0 N–H and O–H groups in total. The average Bonchev–Trinajstić information content (AvgIpc) is 2.38. The molecule has 96 valence electrons. The van der Waals surface area contributed by atoms with Crippen LogP contribution in [0.5, 0.6) is 0 Å². The van der Waals surface area contributed by atoms with E-state index < -0.39 is 17.4 Å². The maximum Gasteiger partial charge on any atom is 0.419 e. The molecule has 2 rings (SSSR count). The van der Waals surface area contributed by atoms with Gasteiger partial charge in [0.15, 0.2) is 5.69 Å². The fourth-order valence-corrected chi connectivity index (χ4v) is 1.87. The summed E-state index contributed by atoms with van der Waals surface area (Å²) in [5.74, 6) is 0. The van der Waals surface area contributed by atoms with Crippen LogP contribution in [-0.4, -0.2) is 4.98 Å². The van der Waals surface area contributed by atoms with Gasteiger partial charge in [-0.05, 0) is 23.6 Å². The maximum atomic E-state index is 13.0. The number of benzene rings is 1. The van der Waals surface area contributed by atoms with Gasteiger partial charge in [-0.2, -0.15) is 18.4 Å².